The molecule has 3 rings (SSSR count). The maximum absolute atomic E-state index is 6.15. The Kier molecular flexibility index (Phi) is 3.02. The van der Waals surface area contributed by atoms with E-state index in [0.29, 0.717) is 10.8 Å². The van der Waals surface area contributed by atoms with Crippen molar-refractivity contribution in [2.45, 2.75) is 0 Å². The van der Waals surface area contributed by atoms with Gasteiger partial charge in [0, 0.05) is 21.6 Å². The van der Waals surface area contributed by atoms with Crippen LogP contribution in [-0.4, -0.2) is 9.97 Å². The first-order valence-electron chi connectivity index (χ1n) is 5.41. The van der Waals surface area contributed by atoms with Crippen LogP contribution < -0.4 is 0 Å². The van der Waals surface area contributed by atoms with Gasteiger partial charge in [-0.2, -0.15) is 0 Å². The van der Waals surface area contributed by atoms with Crippen molar-refractivity contribution in [3.8, 4) is 11.4 Å². The van der Waals surface area contributed by atoms with Crippen molar-refractivity contribution in [2.75, 3.05) is 0 Å². The van der Waals surface area contributed by atoms with Crippen LogP contribution >= 0.6 is 27.5 Å². The predicted octanol–water partition coefficient (Wildman–Crippen LogP) is 4.71. The van der Waals surface area contributed by atoms with Crippen LogP contribution in [0.25, 0.3) is 22.3 Å². The molecule has 0 spiro atoms. The second-order valence-electron chi connectivity index (χ2n) is 3.88. The van der Waals surface area contributed by atoms with Crippen molar-refractivity contribution in [1.82, 2.24) is 9.97 Å². The predicted molar refractivity (Wildman–Crippen MR) is 77.7 cm³/mol. The highest BCUT2D eigenvalue weighted by atomic mass is 79.9. The van der Waals surface area contributed by atoms with E-state index in [9.17, 15) is 0 Å². The van der Waals surface area contributed by atoms with E-state index in [1.165, 1.54) is 0 Å². The van der Waals surface area contributed by atoms with Gasteiger partial charge >= 0.3 is 0 Å². The molecule has 1 heterocycles. The molecule has 4 heteroatoms. The number of aromatic nitrogens is 2. The maximum Gasteiger partial charge on any atom is 0.159 e. The summed E-state index contributed by atoms with van der Waals surface area (Å²) in [7, 11) is 0. The first kappa shape index (κ1) is 11.6. The molecule has 2 aromatic carbocycles. The molecule has 0 N–H and O–H groups in total. The Morgan fingerprint density at radius 3 is 2.72 bits per heavy atom. The van der Waals surface area contributed by atoms with Crippen LogP contribution in [0.4, 0.5) is 0 Å². The molecule has 0 aliphatic rings. The molecule has 18 heavy (non-hydrogen) atoms. The van der Waals surface area contributed by atoms with Crippen molar-refractivity contribution in [1.29, 1.82) is 0 Å². The number of halogens is 2. The number of fused-ring (bicyclic) bond motifs is 1. The Morgan fingerprint density at radius 2 is 1.89 bits per heavy atom. The van der Waals surface area contributed by atoms with Gasteiger partial charge < -0.3 is 0 Å². The maximum atomic E-state index is 6.15. The van der Waals surface area contributed by atoms with Crippen molar-refractivity contribution in [3.63, 3.8) is 0 Å². The molecule has 1 aromatic heterocycles. The van der Waals surface area contributed by atoms with Crippen LogP contribution in [0.15, 0.2) is 53.1 Å². The zero-order valence-electron chi connectivity index (χ0n) is 9.27. The smallest absolute Gasteiger partial charge is 0.159 e. The highest BCUT2D eigenvalue weighted by molar-refractivity contribution is 9.10. The third-order valence-electron chi connectivity index (χ3n) is 2.64. The minimum Gasteiger partial charge on any atom is -0.236 e. The normalized spacial score (nSPS) is 10.8. The molecule has 0 fully saturated rings. The number of benzene rings is 2. The van der Waals surface area contributed by atoms with Crippen LogP contribution in [0, 0.1) is 0 Å². The lowest BCUT2D eigenvalue weighted by Crippen LogP contribution is -1.90. The van der Waals surface area contributed by atoms with Crippen molar-refractivity contribution < 1.29 is 0 Å². The Balaban J connectivity index is 2.22. The van der Waals surface area contributed by atoms with Gasteiger partial charge in [0.05, 0.1) is 10.5 Å². The van der Waals surface area contributed by atoms with E-state index < -0.39 is 0 Å². The van der Waals surface area contributed by atoms with E-state index >= 15 is 0 Å². The Morgan fingerprint density at radius 1 is 1.06 bits per heavy atom. The van der Waals surface area contributed by atoms with Gasteiger partial charge in [-0.05, 0) is 18.2 Å². The molecule has 0 bridgehead atoms. The molecular formula is C14H8BrClN2. The average Bonchev–Trinajstić information content (AvgIpc) is 2.39. The summed E-state index contributed by atoms with van der Waals surface area (Å²) in [6.45, 7) is 0. The monoisotopic (exact) mass is 318 g/mol. The van der Waals surface area contributed by atoms with Gasteiger partial charge in [-0.25, -0.2) is 9.97 Å². The van der Waals surface area contributed by atoms with E-state index in [0.717, 1.165) is 20.9 Å². The third-order valence-corrected chi connectivity index (χ3v) is 3.44. The third kappa shape index (κ3) is 2.11. The van der Waals surface area contributed by atoms with Gasteiger partial charge in [-0.3, -0.25) is 0 Å². The van der Waals surface area contributed by atoms with Gasteiger partial charge in [-0.1, -0.05) is 51.8 Å². The van der Waals surface area contributed by atoms with Crippen LogP contribution in [0.3, 0.4) is 0 Å². The number of rotatable bonds is 1. The molecule has 3 aromatic rings. The first-order chi connectivity index (χ1) is 8.74. The van der Waals surface area contributed by atoms with Crippen LogP contribution in [0.2, 0.25) is 5.02 Å². The second kappa shape index (κ2) is 4.67. The molecule has 0 saturated heterocycles. The number of hydrogen-bond acceptors (Lipinski definition) is 2. The summed E-state index contributed by atoms with van der Waals surface area (Å²) in [6.07, 6.45) is 1.80. The molecule has 2 nitrogen and oxygen atoms in total. The van der Waals surface area contributed by atoms with E-state index in [1.807, 2.05) is 42.5 Å². The van der Waals surface area contributed by atoms with E-state index in [2.05, 4.69) is 25.9 Å². The quantitative estimate of drug-likeness (QED) is 0.649. The fourth-order valence-electron chi connectivity index (χ4n) is 1.79. The molecule has 0 radical (unpaired) electrons. The van der Waals surface area contributed by atoms with E-state index in [1.54, 1.807) is 6.20 Å². The highest BCUT2D eigenvalue weighted by Gasteiger charge is 2.05. The van der Waals surface area contributed by atoms with Crippen molar-refractivity contribution in [3.05, 3.63) is 58.2 Å². The van der Waals surface area contributed by atoms with Gasteiger partial charge in [0.2, 0.25) is 0 Å². The average molecular weight is 320 g/mol. The Labute approximate surface area is 118 Å². The minimum absolute atomic E-state index is 0.645. The first-order valence-corrected chi connectivity index (χ1v) is 6.58. The van der Waals surface area contributed by atoms with Crippen LogP contribution in [-0.2, 0) is 0 Å². The molecule has 0 unspecified atom stereocenters. The zero-order chi connectivity index (χ0) is 12.5. The molecule has 0 atom stereocenters. The Hall–Kier alpha value is -1.45. The summed E-state index contributed by atoms with van der Waals surface area (Å²) in [6, 6.07) is 13.6. The van der Waals surface area contributed by atoms with Gasteiger partial charge in [0.15, 0.2) is 5.82 Å². The second-order valence-corrected chi connectivity index (χ2v) is 5.20. The largest absolute Gasteiger partial charge is 0.236 e. The molecule has 0 amide bonds. The molecule has 0 aliphatic heterocycles. The number of para-hydroxylation sites is 1. The lowest BCUT2D eigenvalue weighted by atomic mass is 10.2. The molecule has 0 saturated carbocycles. The van der Waals surface area contributed by atoms with E-state index in [4.69, 9.17) is 11.6 Å². The van der Waals surface area contributed by atoms with Crippen LogP contribution in [0.1, 0.15) is 0 Å². The SMILES string of the molecule is Clc1cccc2cnc(-c3cccc(Br)c3)nc12. The lowest BCUT2D eigenvalue weighted by Gasteiger charge is -2.04. The van der Waals surface area contributed by atoms with E-state index in [-0.39, 0.29) is 0 Å². The standard InChI is InChI=1S/C14H8BrClN2/c15-11-5-1-3-9(7-11)14-17-8-10-4-2-6-12(16)13(10)18-14/h1-8H. The summed E-state index contributed by atoms with van der Waals surface area (Å²) >= 11 is 9.59. The zero-order valence-corrected chi connectivity index (χ0v) is 11.6. The summed E-state index contributed by atoms with van der Waals surface area (Å²) < 4.78 is 1.00. The number of nitrogens with zero attached hydrogens (tertiary/aromatic N) is 2. The topological polar surface area (TPSA) is 25.8 Å². The highest BCUT2D eigenvalue weighted by Crippen LogP contribution is 2.25. The van der Waals surface area contributed by atoms with Crippen molar-refractivity contribution in [2.24, 2.45) is 0 Å². The molecular weight excluding hydrogens is 312 g/mol. The summed E-state index contributed by atoms with van der Waals surface area (Å²) in [5.74, 6) is 0.678. The Bertz CT molecular complexity index is 728. The molecule has 0 aliphatic carbocycles. The summed E-state index contributed by atoms with van der Waals surface area (Å²) in [5, 5.41) is 1.59. The minimum atomic E-state index is 0.645. The van der Waals surface area contributed by atoms with Gasteiger partial charge in [0.25, 0.3) is 0 Å². The van der Waals surface area contributed by atoms with Gasteiger partial charge in [-0.15, -0.1) is 0 Å². The van der Waals surface area contributed by atoms with Crippen LogP contribution in [0.5, 0.6) is 0 Å². The lowest BCUT2D eigenvalue weighted by molar-refractivity contribution is 1.23. The summed E-state index contributed by atoms with van der Waals surface area (Å²) in [5.41, 5.74) is 1.75. The van der Waals surface area contributed by atoms with Gasteiger partial charge in [0.1, 0.15) is 0 Å². The fraction of sp³-hybridized carbons (Fsp3) is 0. The summed E-state index contributed by atoms with van der Waals surface area (Å²) in [4.78, 5) is 8.89. The number of hydrogen-bond donors (Lipinski definition) is 0. The fourth-order valence-corrected chi connectivity index (χ4v) is 2.41. The van der Waals surface area contributed by atoms with Crippen molar-refractivity contribution >= 4 is 38.4 Å². The molecule has 88 valence electrons.